The molecule has 2 aromatic rings. The van der Waals surface area contributed by atoms with E-state index < -0.39 is 30.8 Å². The van der Waals surface area contributed by atoms with E-state index in [-0.39, 0.29) is 5.75 Å². The van der Waals surface area contributed by atoms with E-state index in [2.05, 4.69) is 15.0 Å². The summed E-state index contributed by atoms with van der Waals surface area (Å²) in [6, 6.07) is 9.62. The van der Waals surface area contributed by atoms with E-state index in [0.717, 1.165) is 6.20 Å². The number of nitrogens with one attached hydrogen (secondary N) is 1. The lowest BCUT2D eigenvalue weighted by Crippen LogP contribution is -2.32. The van der Waals surface area contributed by atoms with E-state index in [9.17, 15) is 23.1 Å². The number of aliphatic hydroxyl groups excluding tert-OH is 1. The standard InChI is InChI=1S/C20H21F3N2O3/c1-12(17-9-8-16(10-24-17)28-11-20(21,22)23)25-19(27)18(26)15-6-4-14(5-7-15)13-2-3-13/h4-10,12-13,18,26H,2-3,11H2,1H3,(H,25,27). The van der Waals surface area contributed by atoms with Crippen LogP contribution in [0.1, 0.15) is 54.6 Å². The molecule has 5 nitrogen and oxygen atoms in total. The van der Waals surface area contributed by atoms with Crippen molar-refractivity contribution in [2.75, 3.05) is 6.61 Å². The van der Waals surface area contributed by atoms with E-state index in [0.29, 0.717) is 17.2 Å². The van der Waals surface area contributed by atoms with Crippen molar-refractivity contribution in [1.82, 2.24) is 10.3 Å². The maximum Gasteiger partial charge on any atom is 0.422 e. The van der Waals surface area contributed by atoms with Crippen molar-refractivity contribution in [3.8, 4) is 5.75 Å². The van der Waals surface area contributed by atoms with Crippen molar-refractivity contribution >= 4 is 5.91 Å². The zero-order valence-electron chi connectivity index (χ0n) is 15.2. The maximum absolute atomic E-state index is 12.3. The molecule has 1 aromatic heterocycles. The van der Waals surface area contributed by atoms with Gasteiger partial charge in [0, 0.05) is 0 Å². The number of alkyl halides is 3. The summed E-state index contributed by atoms with van der Waals surface area (Å²) >= 11 is 0. The molecule has 150 valence electrons. The van der Waals surface area contributed by atoms with Crippen LogP contribution < -0.4 is 10.1 Å². The Hall–Kier alpha value is -2.61. The zero-order chi connectivity index (χ0) is 20.3. The number of carbonyl (C=O) groups excluding carboxylic acids is 1. The molecule has 1 fully saturated rings. The molecule has 2 N–H and O–H groups in total. The number of pyridine rings is 1. The monoisotopic (exact) mass is 394 g/mol. The van der Waals surface area contributed by atoms with Crippen molar-refractivity contribution in [3.63, 3.8) is 0 Å². The minimum Gasteiger partial charge on any atom is -0.483 e. The Kier molecular flexibility index (Phi) is 5.88. The highest BCUT2D eigenvalue weighted by Gasteiger charge is 2.28. The topological polar surface area (TPSA) is 71.5 Å². The lowest BCUT2D eigenvalue weighted by molar-refractivity contribution is -0.153. The summed E-state index contributed by atoms with van der Waals surface area (Å²) in [6.07, 6.45) is -2.23. The molecule has 0 spiro atoms. The van der Waals surface area contributed by atoms with Crippen molar-refractivity contribution in [3.05, 3.63) is 59.4 Å². The summed E-state index contributed by atoms with van der Waals surface area (Å²) < 4.78 is 41.1. The quantitative estimate of drug-likeness (QED) is 0.749. The second-order valence-electron chi connectivity index (χ2n) is 6.90. The van der Waals surface area contributed by atoms with Gasteiger partial charge in [-0.25, -0.2) is 0 Å². The maximum atomic E-state index is 12.3. The highest BCUT2D eigenvalue weighted by atomic mass is 19.4. The van der Waals surface area contributed by atoms with Crippen LogP contribution in [-0.4, -0.2) is 28.8 Å². The SMILES string of the molecule is CC(NC(=O)C(O)c1ccc(C2CC2)cc1)c1ccc(OCC(F)(F)F)cn1. The number of ether oxygens (including phenoxy) is 1. The van der Waals surface area contributed by atoms with Gasteiger partial charge in [0.15, 0.2) is 12.7 Å². The number of aromatic nitrogens is 1. The summed E-state index contributed by atoms with van der Waals surface area (Å²) in [5.41, 5.74) is 2.14. The van der Waals surface area contributed by atoms with Crippen LogP contribution in [0.4, 0.5) is 13.2 Å². The third-order valence-corrected chi connectivity index (χ3v) is 4.51. The molecule has 1 aromatic carbocycles. The van der Waals surface area contributed by atoms with Crippen LogP contribution in [0.5, 0.6) is 5.75 Å². The molecular formula is C20H21F3N2O3. The first-order chi connectivity index (χ1) is 13.2. The summed E-state index contributed by atoms with van der Waals surface area (Å²) in [7, 11) is 0. The fourth-order valence-corrected chi connectivity index (χ4v) is 2.78. The van der Waals surface area contributed by atoms with E-state index >= 15 is 0 Å². The average molecular weight is 394 g/mol. The van der Waals surface area contributed by atoms with Gasteiger partial charge in [0.25, 0.3) is 5.91 Å². The molecule has 2 unspecified atom stereocenters. The Morgan fingerprint density at radius 2 is 1.93 bits per heavy atom. The number of hydrogen-bond acceptors (Lipinski definition) is 4. The molecule has 1 amide bonds. The Morgan fingerprint density at radius 3 is 2.46 bits per heavy atom. The predicted molar refractivity (Wildman–Crippen MR) is 95.7 cm³/mol. The Bertz CT molecular complexity index is 803. The second-order valence-corrected chi connectivity index (χ2v) is 6.90. The van der Waals surface area contributed by atoms with Crippen LogP contribution in [0.3, 0.4) is 0 Å². The third-order valence-electron chi connectivity index (χ3n) is 4.51. The predicted octanol–water partition coefficient (Wildman–Crippen LogP) is 3.81. The van der Waals surface area contributed by atoms with Crippen molar-refractivity contribution < 1.29 is 27.8 Å². The summed E-state index contributed by atoms with van der Waals surface area (Å²) in [5.74, 6) is -0.00421. The number of aliphatic hydroxyl groups is 1. The van der Waals surface area contributed by atoms with Crippen LogP contribution in [0.15, 0.2) is 42.6 Å². The number of rotatable bonds is 7. The fraction of sp³-hybridized carbons (Fsp3) is 0.400. The van der Waals surface area contributed by atoms with E-state index in [4.69, 9.17) is 0 Å². The molecule has 8 heteroatoms. The lowest BCUT2D eigenvalue weighted by atomic mass is 10.0. The van der Waals surface area contributed by atoms with Gasteiger partial charge in [-0.15, -0.1) is 0 Å². The lowest BCUT2D eigenvalue weighted by Gasteiger charge is -2.17. The first-order valence-electron chi connectivity index (χ1n) is 8.97. The van der Waals surface area contributed by atoms with Gasteiger partial charge in [-0.3, -0.25) is 9.78 Å². The molecule has 1 aliphatic carbocycles. The van der Waals surface area contributed by atoms with Crippen LogP contribution >= 0.6 is 0 Å². The Labute approximate surface area is 160 Å². The van der Waals surface area contributed by atoms with Crippen LogP contribution in [0.2, 0.25) is 0 Å². The van der Waals surface area contributed by atoms with Crippen molar-refractivity contribution in [1.29, 1.82) is 0 Å². The molecule has 0 radical (unpaired) electrons. The van der Waals surface area contributed by atoms with E-state index in [1.54, 1.807) is 19.1 Å². The van der Waals surface area contributed by atoms with Gasteiger partial charge in [0.2, 0.25) is 0 Å². The fourth-order valence-electron chi connectivity index (χ4n) is 2.78. The van der Waals surface area contributed by atoms with E-state index in [1.165, 1.54) is 30.5 Å². The van der Waals surface area contributed by atoms with Gasteiger partial charge in [-0.1, -0.05) is 24.3 Å². The van der Waals surface area contributed by atoms with Gasteiger partial charge in [-0.05, 0) is 48.9 Å². The Balaban J connectivity index is 1.55. The third kappa shape index (κ3) is 5.45. The molecule has 1 heterocycles. The smallest absolute Gasteiger partial charge is 0.422 e. The highest BCUT2D eigenvalue weighted by Crippen LogP contribution is 2.40. The molecule has 1 saturated carbocycles. The number of carbonyl (C=O) groups is 1. The molecule has 0 bridgehead atoms. The summed E-state index contributed by atoms with van der Waals surface area (Å²) in [4.78, 5) is 16.3. The molecule has 3 rings (SSSR count). The minimum absolute atomic E-state index is 0.0182. The first-order valence-corrected chi connectivity index (χ1v) is 8.97. The number of halogens is 3. The first kappa shape index (κ1) is 20.1. The number of amides is 1. The normalized spacial score (nSPS) is 16.3. The molecule has 28 heavy (non-hydrogen) atoms. The summed E-state index contributed by atoms with van der Waals surface area (Å²) in [6.45, 7) is 0.269. The van der Waals surface area contributed by atoms with Gasteiger partial charge < -0.3 is 15.2 Å². The van der Waals surface area contributed by atoms with E-state index in [1.807, 2.05) is 12.1 Å². The Morgan fingerprint density at radius 1 is 1.25 bits per heavy atom. The van der Waals surface area contributed by atoms with Crippen molar-refractivity contribution in [2.24, 2.45) is 0 Å². The highest BCUT2D eigenvalue weighted by molar-refractivity contribution is 5.82. The van der Waals surface area contributed by atoms with Gasteiger partial charge in [0.05, 0.1) is 17.9 Å². The minimum atomic E-state index is -4.42. The van der Waals surface area contributed by atoms with Crippen LogP contribution in [0, 0.1) is 0 Å². The average Bonchev–Trinajstić information content (AvgIpc) is 3.51. The van der Waals surface area contributed by atoms with Crippen LogP contribution in [0.25, 0.3) is 0 Å². The van der Waals surface area contributed by atoms with Gasteiger partial charge >= 0.3 is 6.18 Å². The number of hydrogen-bond donors (Lipinski definition) is 2. The summed E-state index contributed by atoms with van der Waals surface area (Å²) in [5, 5.41) is 12.9. The number of benzene rings is 1. The largest absolute Gasteiger partial charge is 0.483 e. The van der Waals surface area contributed by atoms with Gasteiger partial charge in [-0.2, -0.15) is 13.2 Å². The molecular weight excluding hydrogens is 373 g/mol. The van der Waals surface area contributed by atoms with Crippen molar-refractivity contribution in [2.45, 2.75) is 44.0 Å². The van der Waals surface area contributed by atoms with Crippen LogP contribution in [-0.2, 0) is 4.79 Å². The molecule has 2 atom stereocenters. The molecule has 0 aliphatic heterocycles. The number of nitrogens with zero attached hydrogens (tertiary/aromatic N) is 1. The molecule has 0 saturated heterocycles. The molecule has 1 aliphatic rings. The second kappa shape index (κ2) is 8.18. The van der Waals surface area contributed by atoms with Gasteiger partial charge in [0.1, 0.15) is 5.75 Å². The zero-order valence-corrected chi connectivity index (χ0v) is 15.2.